The Labute approximate surface area is 178 Å². The van der Waals surface area contributed by atoms with Crippen molar-refractivity contribution in [1.29, 1.82) is 0 Å². The van der Waals surface area contributed by atoms with E-state index < -0.39 is 15.9 Å². The molecule has 2 N–H and O–H groups in total. The third-order valence-corrected chi connectivity index (χ3v) is 6.65. The minimum Gasteiger partial charge on any atom is -0.354 e. The van der Waals surface area contributed by atoms with Gasteiger partial charge in [0, 0.05) is 25.2 Å². The topological polar surface area (TPSA) is 126 Å². The molecule has 0 bridgehead atoms. The van der Waals surface area contributed by atoms with E-state index in [9.17, 15) is 18.0 Å². The Hall–Kier alpha value is -3.57. The number of benzene rings is 2. The maximum Gasteiger partial charge on any atom is 0.251 e. The summed E-state index contributed by atoms with van der Waals surface area (Å²) in [6, 6.07) is 13.2. The lowest BCUT2D eigenvalue weighted by Gasteiger charge is -2.26. The van der Waals surface area contributed by atoms with E-state index in [1.807, 2.05) is 24.3 Å². The number of nitrogens with zero attached hydrogens (tertiary/aromatic N) is 4. The normalized spacial score (nSPS) is 14.8. The van der Waals surface area contributed by atoms with E-state index in [0.717, 1.165) is 15.6 Å². The summed E-state index contributed by atoms with van der Waals surface area (Å²) in [6.07, 6.45) is 3.04. The van der Waals surface area contributed by atoms with Crippen LogP contribution in [-0.2, 0) is 21.4 Å². The van der Waals surface area contributed by atoms with Crippen molar-refractivity contribution < 1.29 is 18.0 Å². The average Bonchev–Trinajstić information content (AvgIpc) is 3.33. The molecule has 1 fully saturated rings. The molecule has 160 valence electrons. The predicted molar refractivity (Wildman–Crippen MR) is 111 cm³/mol. The van der Waals surface area contributed by atoms with E-state index in [2.05, 4.69) is 20.7 Å². The molecule has 1 aliphatic heterocycles. The third-order valence-electron chi connectivity index (χ3n) is 4.81. The standard InChI is InChI=1S/C20H20N6O4S/c27-19-12-25(9-8-22-19)31(29,30)18-3-1-2-16(10-18)20(28)23-11-15-4-6-17(7-5-15)26-14-21-13-24-26/h1-7,10,13-14H,8-9,11-12H2,(H,22,27)(H,23,28). The lowest BCUT2D eigenvalue weighted by Crippen LogP contribution is -2.49. The van der Waals surface area contributed by atoms with Crippen LogP contribution in [0.2, 0.25) is 0 Å². The van der Waals surface area contributed by atoms with Gasteiger partial charge in [-0.15, -0.1) is 0 Å². The van der Waals surface area contributed by atoms with Gasteiger partial charge in [-0.2, -0.15) is 9.40 Å². The number of hydrogen-bond acceptors (Lipinski definition) is 6. The van der Waals surface area contributed by atoms with Gasteiger partial charge in [0.2, 0.25) is 15.9 Å². The van der Waals surface area contributed by atoms with Crippen LogP contribution < -0.4 is 10.6 Å². The Morgan fingerprint density at radius 2 is 1.97 bits per heavy atom. The van der Waals surface area contributed by atoms with Crippen molar-refractivity contribution in [3.8, 4) is 5.69 Å². The molecule has 2 aromatic carbocycles. The molecule has 31 heavy (non-hydrogen) atoms. The Balaban J connectivity index is 1.43. The predicted octanol–water partition coefficient (Wildman–Crippen LogP) is 0.318. The van der Waals surface area contributed by atoms with Crippen LogP contribution in [0.4, 0.5) is 0 Å². The second-order valence-corrected chi connectivity index (χ2v) is 8.84. The summed E-state index contributed by atoms with van der Waals surface area (Å²) in [6.45, 7) is 0.492. The van der Waals surface area contributed by atoms with Crippen molar-refractivity contribution in [2.45, 2.75) is 11.4 Å². The lowest BCUT2D eigenvalue weighted by molar-refractivity contribution is -0.122. The summed E-state index contributed by atoms with van der Waals surface area (Å²) in [5.41, 5.74) is 1.94. The molecule has 0 atom stereocenters. The van der Waals surface area contributed by atoms with Gasteiger partial charge in [0.05, 0.1) is 17.1 Å². The molecule has 1 saturated heterocycles. The zero-order valence-corrected chi connectivity index (χ0v) is 17.2. The minimum atomic E-state index is -3.87. The Kier molecular flexibility index (Phi) is 5.78. The molecule has 1 aliphatic rings. The fourth-order valence-electron chi connectivity index (χ4n) is 3.16. The molecular formula is C20H20N6O4S. The number of nitrogens with one attached hydrogen (secondary N) is 2. The summed E-state index contributed by atoms with van der Waals surface area (Å²) in [5, 5.41) is 9.44. The number of rotatable bonds is 6. The fourth-order valence-corrected chi connectivity index (χ4v) is 4.60. The summed E-state index contributed by atoms with van der Waals surface area (Å²) in [5.74, 6) is -0.743. The molecule has 3 aromatic rings. The van der Waals surface area contributed by atoms with Crippen LogP contribution in [0.5, 0.6) is 0 Å². The summed E-state index contributed by atoms with van der Waals surface area (Å²) in [4.78, 5) is 28.0. The highest BCUT2D eigenvalue weighted by Gasteiger charge is 2.29. The SMILES string of the molecule is O=C1CN(S(=O)(=O)c2cccc(C(=O)NCc3ccc(-n4cncn4)cc3)c2)CCN1. The number of sulfonamides is 1. The van der Waals surface area contributed by atoms with Crippen LogP contribution in [0.25, 0.3) is 5.69 Å². The van der Waals surface area contributed by atoms with E-state index in [1.54, 1.807) is 17.1 Å². The molecule has 4 rings (SSSR count). The second-order valence-electron chi connectivity index (χ2n) is 6.91. The highest BCUT2D eigenvalue weighted by Crippen LogP contribution is 2.18. The molecule has 0 saturated carbocycles. The largest absolute Gasteiger partial charge is 0.354 e. The van der Waals surface area contributed by atoms with Gasteiger partial charge >= 0.3 is 0 Å². The Bertz CT molecular complexity index is 1190. The first-order valence-corrected chi connectivity index (χ1v) is 11.0. The number of aromatic nitrogens is 3. The monoisotopic (exact) mass is 440 g/mol. The average molecular weight is 440 g/mol. The molecule has 2 amide bonds. The smallest absolute Gasteiger partial charge is 0.251 e. The first kappa shape index (κ1) is 20.7. The maximum absolute atomic E-state index is 12.8. The molecule has 0 radical (unpaired) electrons. The van der Waals surface area contributed by atoms with Crippen molar-refractivity contribution in [3.63, 3.8) is 0 Å². The van der Waals surface area contributed by atoms with Gasteiger partial charge in [-0.1, -0.05) is 18.2 Å². The number of carbonyl (C=O) groups excluding carboxylic acids is 2. The maximum atomic E-state index is 12.8. The highest BCUT2D eigenvalue weighted by atomic mass is 32.2. The minimum absolute atomic E-state index is 0.0213. The first-order valence-electron chi connectivity index (χ1n) is 9.52. The second kappa shape index (κ2) is 8.66. The van der Waals surface area contributed by atoms with E-state index in [-0.39, 0.29) is 42.5 Å². The van der Waals surface area contributed by atoms with Crippen molar-refractivity contribution in [2.24, 2.45) is 0 Å². The summed E-state index contributed by atoms with van der Waals surface area (Å²) < 4.78 is 28.4. The fraction of sp³-hybridized carbons (Fsp3) is 0.200. The zero-order chi connectivity index (χ0) is 21.8. The van der Waals surface area contributed by atoms with E-state index in [4.69, 9.17) is 0 Å². The Morgan fingerprint density at radius 3 is 2.68 bits per heavy atom. The number of piperazine rings is 1. The van der Waals surface area contributed by atoms with Gasteiger partial charge in [0.25, 0.3) is 5.91 Å². The molecule has 1 aromatic heterocycles. The molecule has 2 heterocycles. The van der Waals surface area contributed by atoms with Crippen LogP contribution in [0, 0.1) is 0 Å². The van der Waals surface area contributed by atoms with Gasteiger partial charge in [-0.05, 0) is 35.9 Å². The number of hydrogen-bond donors (Lipinski definition) is 2. The number of amides is 2. The van der Waals surface area contributed by atoms with Crippen molar-refractivity contribution in [3.05, 3.63) is 72.3 Å². The van der Waals surface area contributed by atoms with Gasteiger partial charge < -0.3 is 10.6 Å². The van der Waals surface area contributed by atoms with Crippen LogP contribution >= 0.6 is 0 Å². The van der Waals surface area contributed by atoms with Gasteiger partial charge in [-0.25, -0.2) is 18.1 Å². The molecule has 0 unspecified atom stereocenters. The molecule has 0 spiro atoms. The molecule has 11 heteroatoms. The molecule has 0 aliphatic carbocycles. The highest BCUT2D eigenvalue weighted by molar-refractivity contribution is 7.89. The van der Waals surface area contributed by atoms with Crippen molar-refractivity contribution in [1.82, 2.24) is 29.7 Å². The molecule has 10 nitrogen and oxygen atoms in total. The van der Waals surface area contributed by atoms with Crippen LogP contribution in [0.1, 0.15) is 15.9 Å². The first-order chi connectivity index (χ1) is 14.9. The van der Waals surface area contributed by atoms with Gasteiger partial charge in [0.1, 0.15) is 12.7 Å². The van der Waals surface area contributed by atoms with E-state index in [0.29, 0.717) is 0 Å². The third kappa shape index (κ3) is 4.62. The van der Waals surface area contributed by atoms with Crippen LogP contribution in [0.15, 0.2) is 66.1 Å². The van der Waals surface area contributed by atoms with Crippen molar-refractivity contribution in [2.75, 3.05) is 19.6 Å². The van der Waals surface area contributed by atoms with E-state index >= 15 is 0 Å². The van der Waals surface area contributed by atoms with Gasteiger partial charge in [-0.3, -0.25) is 9.59 Å². The van der Waals surface area contributed by atoms with Crippen LogP contribution in [-0.4, -0.2) is 58.9 Å². The molecular weight excluding hydrogens is 420 g/mol. The lowest BCUT2D eigenvalue weighted by atomic mass is 10.2. The summed E-state index contributed by atoms with van der Waals surface area (Å²) in [7, 11) is -3.87. The quantitative estimate of drug-likeness (QED) is 0.568. The Morgan fingerprint density at radius 1 is 1.16 bits per heavy atom. The summed E-state index contributed by atoms with van der Waals surface area (Å²) >= 11 is 0. The van der Waals surface area contributed by atoms with Gasteiger partial charge in [0.15, 0.2) is 0 Å². The van der Waals surface area contributed by atoms with Crippen molar-refractivity contribution >= 4 is 21.8 Å². The number of carbonyl (C=O) groups is 2. The van der Waals surface area contributed by atoms with E-state index in [1.165, 1.54) is 24.5 Å². The van der Waals surface area contributed by atoms with Crippen LogP contribution in [0.3, 0.4) is 0 Å². The zero-order valence-electron chi connectivity index (χ0n) is 16.4.